The molecule has 0 fully saturated rings. The SMILES string of the molecule is C[C@H](NCC(=O)N1CCCc2ccccc21)c1cccc2ccccc12. The Balaban J connectivity index is 1.48. The van der Waals surface area contributed by atoms with Crippen LogP contribution in [-0.2, 0) is 11.2 Å². The van der Waals surface area contributed by atoms with E-state index in [0.29, 0.717) is 6.54 Å². The molecule has 26 heavy (non-hydrogen) atoms. The van der Waals surface area contributed by atoms with E-state index in [0.717, 1.165) is 25.1 Å². The van der Waals surface area contributed by atoms with Crippen molar-refractivity contribution in [1.29, 1.82) is 0 Å². The van der Waals surface area contributed by atoms with E-state index in [1.54, 1.807) is 0 Å². The number of nitrogens with zero attached hydrogens (tertiary/aromatic N) is 1. The highest BCUT2D eigenvalue weighted by Gasteiger charge is 2.22. The minimum Gasteiger partial charge on any atom is -0.311 e. The fraction of sp³-hybridized carbons (Fsp3) is 0.261. The molecule has 1 aliphatic heterocycles. The lowest BCUT2D eigenvalue weighted by Gasteiger charge is -2.30. The molecule has 3 nitrogen and oxygen atoms in total. The maximum atomic E-state index is 12.8. The minimum atomic E-state index is 0.116. The summed E-state index contributed by atoms with van der Waals surface area (Å²) in [6.07, 6.45) is 2.08. The Labute approximate surface area is 154 Å². The van der Waals surface area contributed by atoms with Crippen LogP contribution in [0.25, 0.3) is 10.8 Å². The number of anilines is 1. The summed E-state index contributed by atoms with van der Waals surface area (Å²) in [7, 11) is 0. The monoisotopic (exact) mass is 344 g/mol. The molecule has 3 aromatic rings. The van der Waals surface area contributed by atoms with Gasteiger partial charge in [0.15, 0.2) is 0 Å². The van der Waals surface area contributed by atoms with Gasteiger partial charge in [0, 0.05) is 18.3 Å². The molecule has 4 rings (SSSR count). The molecule has 0 unspecified atom stereocenters. The Morgan fingerprint density at radius 1 is 1.04 bits per heavy atom. The number of carbonyl (C=O) groups is 1. The van der Waals surface area contributed by atoms with Crippen molar-refractivity contribution in [2.45, 2.75) is 25.8 Å². The fourth-order valence-electron chi connectivity index (χ4n) is 3.87. The molecule has 3 aromatic carbocycles. The van der Waals surface area contributed by atoms with E-state index < -0.39 is 0 Å². The molecule has 1 aliphatic rings. The number of carbonyl (C=O) groups excluding carboxylic acids is 1. The van der Waals surface area contributed by atoms with Crippen molar-refractivity contribution in [2.75, 3.05) is 18.0 Å². The molecule has 1 heterocycles. The second-order valence-electron chi connectivity index (χ2n) is 6.95. The highest BCUT2D eigenvalue weighted by Crippen LogP contribution is 2.27. The first kappa shape index (κ1) is 16.8. The number of hydrogen-bond donors (Lipinski definition) is 1. The predicted molar refractivity (Wildman–Crippen MR) is 107 cm³/mol. The van der Waals surface area contributed by atoms with E-state index in [1.165, 1.54) is 21.9 Å². The van der Waals surface area contributed by atoms with E-state index in [9.17, 15) is 4.79 Å². The molecule has 0 saturated heterocycles. The van der Waals surface area contributed by atoms with Gasteiger partial charge in [0.1, 0.15) is 0 Å². The minimum absolute atomic E-state index is 0.116. The van der Waals surface area contributed by atoms with Crippen LogP contribution in [0.2, 0.25) is 0 Å². The lowest BCUT2D eigenvalue weighted by molar-refractivity contribution is -0.118. The topological polar surface area (TPSA) is 32.3 Å². The van der Waals surface area contributed by atoms with E-state index in [1.807, 2.05) is 17.0 Å². The average Bonchev–Trinajstić information content (AvgIpc) is 2.71. The number of rotatable bonds is 4. The first-order chi connectivity index (χ1) is 12.7. The van der Waals surface area contributed by atoms with Crippen LogP contribution in [0.3, 0.4) is 0 Å². The summed E-state index contributed by atoms with van der Waals surface area (Å²) in [5, 5.41) is 5.90. The van der Waals surface area contributed by atoms with Crippen molar-refractivity contribution < 1.29 is 4.79 Å². The van der Waals surface area contributed by atoms with Crippen LogP contribution in [0.5, 0.6) is 0 Å². The van der Waals surface area contributed by atoms with Crippen LogP contribution in [0, 0.1) is 0 Å². The van der Waals surface area contributed by atoms with Crippen molar-refractivity contribution in [2.24, 2.45) is 0 Å². The first-order valence-electron chi connectivity index (χ1n) is 9.33. The van der Waals surface area contributed by atoms with E-state index in [-0.39, 0.29) is 11.9 Å². The van der Waals surface area contributed by atoms with Crippen LogP contribution in [0.4, 0.5) is 5.69 Å². The molecule has 0 spiro atoms. The number of para-hydroxylation sites is 1. The Morgan fingerprint density at radius 3 is 2.73 bits per heavy atom. The summed E-state index contributed by atoms with van der Waals surface area (Å²) < 4.78 is 0. The van der Waals surface area contributed by atoms with Crippen LogP contribution >= 0.6 is 0 Å². The third-order valence-electron chi connectivity index (χ3n) is 5.26. The van der Waals surface area contributed by atoms with E-state index in [4.69, 9.17) is 0 Å². The standard InChI is InChI=1S/C23H24N2O/c1-17(20-13-6-10-18-8-2-4-12-21(18)20)24-16-23(26)25-15-7-11-19-9-3-5-14-22(19)25/h2-6,8-10,12-14,17,24H,7,11,15-16H2,1H3/t17-/m0/s1. The molecule has 0 aliphatic carbocycles. The molecule has 0 radical (unpaired) electrons. The Hall–Kier alpha value is -2.65. The maximum Gasteiger partial charge on any atom is 0.240 e. The highest BCUT2D eigenvalue weighted by atomic mass is 16.2. The summed E-state index contributed by atoms with van der Waals surface area (Å²) in [5.74, 6) is 0.143. The molecule has 1 amide bonds. The number of aryl methyl sites for hydroxylation is 1. The third-order valence-corrected chi connectivity index (χ3v) is 5.26. The Bertz CT molecular complexity index is 929. The third kappa shape index (κ3) is 3.23. The molecule has 0 saturated carbocycles. The lowest BCUT2D eigenvalue weighted by Crippen LogP contribution is -2.41. The van der Waals surface area contributed by atoms with Crippen molar-refractivity contribution in [3.8, 4) is 0 Å². The second kappa shape index (κ2) is 7.30. The van der Waals surface area contributed by atoms with Gasteiger partial charge in [-0.3, -0.25) is 4.79 Å². The van der Waals surface area contributed by atoms with Crippen molar-refractivity contribution >= 4 is 22.4 Å². The summed E-state index contributed by atoms with van der Waals surface area (Å²) >= 11 is 0. The van der Waals surface area contributed by atoms with Gasteiger partial charge in [-0.25, -0.2) is 0 Å². The van der Waals surface area contributed by atoms with Gasteiger partial charge in [0.25, 0.3) is 0 Å². The van der Waals surface area contributed by atoms with Crippen molar-refractivity contribution in [3.05, 3.63) is 77.9 Å². The molecule has 3 heteroatoms. The zero-order valence-corrected chi connectivity index (χ0v) is 15.1. The average molecular weight is 344 g/mol. The van der Waals surface area contributed by atoms with Crippen LogP contribution in [0.15, 0.2) is 66.7 Å². The predicted octanol–water partition coefficient (Wildman–Crippen LogP) is 4.47. The smallest absolute Gasteiger partial charge is 0.240 e. The molecular weight excluding hydrogens is 320 g/mol. The number of amides is 1. The van der Waals surface area contributed by atoms with Crippen molar-refractivity contribution in [3.63, 3.8) is 0 Å². The van der Waals surface area contributed by atoms with E-state index >= 15 is 0 Å². The van der Waals surface area contributed by atoms with Gasteiger partial charge in [-0.2, -0.15) is 0 Å². The van der Waals surface area contributed by atoms with Gasteiger partial charge < -0.3 is 10.2 Å². The molecule has 0 bridgehead atoms. The number of hydrogen-bond acceptors (Lipinski definition) is 2. The van der Waals surface area contributed by atoms with Gasteiger partial charge in [0.2, 0.25) is 5.91 Å². The van der Waals surface area contributed by atoms with Crippen LogP contribution in [-0.4, -0.2) is 19.0 Å². The van der Waals surface area contributed by atoms with Gasteiger partial charge in [-0.1, -0.05) is 60.7 Å². The summed E-state index contributed by atoms with van der Waals surface area (Å²) in [6, 6.07) is 23.1. The van der Waals surface area contributed by atoms with Crippen LogP contribution < -0.4 is 10.2 Å². The quantitative estimate of drug-likeness (QED) is 0.757. The number of fused-ring (bicyclic) bond motifs is 2. The van der Waals surface area contributed by atoms with Gasteiger partial charge in [0.05, 0.1) is 6.54 Å². The molecule has 1 atom stereocenters. The summed E-state index contributed by atoms with van der Waals surface area (Å²) in [5.41, 5.74) is 3.58. The number of nitrogens with one attached hydrogen (secondary N) is 1. The maximum absolute atomic E-state index is 12.8. The largest absolute Gasteiger partial charge is 0.311 e. The Morgan fingerprint density at radius 2 is 1.81 bits per heavy atom. The zero-order chi connectivity index (χ0) is 17.9. The van der Waals surface area contributed by atoms with Crippen molar-refractivity contribution in [1.82, 2.24) is 5.32 Å². The van der Waals surface area contributed by atoms with Gasteiger partial charge >= 0.3 is 0 Å². The normalized spacial score (nSPS) is 14.9. The molecule has 1 N–H and O–H groups in total. The fourth-order valence-corrected chi connectivity index (χ4v) is 3.87. The second-order valence-corrected chi connectivity index (χ2v) is 6.95. The Kier molecular flexibility index (Phi) is 4.72. The lowest BCUT2D eigenvalue weighted by atomic mass is 9.99. The molecular formula is C23H24N2O. The number of benzene rings is 3. The molecule has 0 aromatic heterocycles. The van der Waals surface area contributed by atoms with E-state index in [2.05, 4.69) is 66.8 Å². The van der Waals surface area contributed by atoms with Crippen LogP contribution in [0.1, 0.15) is 30.5 Å². The summed E-state index contributed by atoms with van der Waals surface area (Å²) in [4.78, 5) is 14.8. The van der Waals surface area contributed by atoms with Gasteiger partial charge in [-0.15, -0.1) is 0 Å². The first-order valence-corrected chi connectivity index (χ1v) is 9.33. The highest BCUT2D eigenvalue weighted by molar-refractivity contribution is 5.96. The zero-order valence-electron chi connectivity index (χ0n) is 15.1. The molecule has 132 valence electrons. The summed E-state index contributed by atoms with van der Waals surface area (Å²) in [6.45, 7) is 3.28. The van der Waals surface area contributed by atoms with Gasteiger partial charge in [-0.05, 0) is 47.7 Å².